The van der Waals surface area contributed by atoms with Crippen LogP contribution in [0.25, 0.3) is 11.4 Å². The van der Waals surface area contributed by atoms with E-state index >= 15 is 0 Å². The Kier molecular flexibility index (Phi) is 5.08. The van der Waals surface area contributed by atoms with Crippen LogP contribution >= 0.6 is 0 Å². The number of carbonyl (C=O) groups is 1. The van der Waals surface area contributed by atoms with E-state index in [-0.39, 0.29) is 17.8 Å². The molecule has 1 fully saturated rings. The lowest BCUT2D eigenvalue weighted by molar-refractivity contribution is 0.180. The first-order valence-corrected chi connectivity index (χ1v) is 8.38. The van der Waals surface area contributed by atoms with Crippen LogP contribution in [0.15, 0.2) is 24.3 Å². The van der Waals surface area contributed by atoms with Crippen LogP contribution in [0.3, 0.4) is 0 Å². The van der Waals surface area contributed by atoms with Crippen LogP contribution in [-0.4, -0.2) is 45.7 Å². The third-order valence-electron chi connectivity index (χ3n) is 4.30. The fraction of sp³-hybridized carbons (Fsp3) is 0.471. The first-order chi connectivity index (χ1) is 11.7. The van der Waals surface area contributed by atoms with E-state index in [2.05, 4.69) is 20.5 Å². The average molecular weight is 331 g/mol. The zero-order chi connectivity index (χ0) is 16.9. The van der Waals surface area contributed by atoms with Crippen LogP contribution in [0, 0.1) is 5.82 Å². The number of urea groups is 1. The maximum absolute atomic E-state index is 13.0. The molecular weight excluding hydrogens is 309 g/mol. The molecule has 0 saturated carbocycles. The van der Waals surface area contributed by atoms with Crippen molar-refractivity contribution in [3.05, 3.63) is 35.9 Å². The highest BCUT2D eigenvalue weighted by molar-refractivity contribution is 5.74. The van der Waals surface area contributed by atoms with Crippen LogP contribution in [-0.2, 0) is 0 Å². The Morgan fingerprint density at radius 1 is 1.33 bits per heavy atom. The Balaban J connectivity index is 1.59. The molecule has 2 aromatic rings. The van der Waals surface area contributed by atoms with Crippen molar-refractivity contribution >= 4 is 6.03 Å². The normalized spacial score (nSPS) is 15.5. The van der Waals surface area contributed by atoms with Crippen molar-refractivity contribution < 1.29 is 9.18 Å². The second-order valence-electron chi connectivity index (χ2n) is 6.04. The summed E-state index contributed by atoms with van der Waals surface area (Å²) in [5.74, 6) is 1.40. The predicted octanol–water partition coefficient (Wildman–Crippen LogP) is 2.91. The minimum atomic E-state index is -0.275. The quantitative estimate of drug-likeness (QED) is 0.904. The Bertz CT molecular complexity index is 677. The van der Waals surface area contributed by atoms with Crippen molar-refractivity contribution in [2.45, 2.75) is 32.1 Å². The molecule has 3 rings (SSSR count). The number of hydrogen-bond acceptors (Lipinski definition) is 3. The van der Waals surface area contributed by atoms with Gasteiger partial charge >= 0.3 is 6.03 Å². The lowest BCUT2D eigenvalue weighted by Crippen LogP contribution is -2.44. The van der Waals surface area contributed by atoms with E-state index in [4.69, 9.17) is 0 Å². The maximum atomic E-state index is 13.0. The number of likely N-dealkylation sites (tertiary alicyclic amines) is 1. The van der Waals surface area contributed by atoms with Gasteiger partial charge in [0.25, 0.3) is 0 Å². The summed E-state index contributed by atoms with van der Waals surface area (Å²) >= 11 is 0. The number of nitrogens with zero attached hydrogens (tertiary/aromatic N) is 3. The molecule has 0 aliphatic carbocycles. The van der Waals surface area contributed by atoms with Gasteiger partial charge < -0.3 is 10.2 Å². The van der Waals surface area contributed by atoms with Gasteiger partial charge in [-0.3, -0.25) is 5.10 Å². The number of rotatable bonds is 4. The molecule has 24 heavy (non-hydrogen) atoms. The number of halogens is 1. The molecule has 2 N–H and O–H groups in total. The van der Waals surface area contributed by atoms with Crippen LogP contribution < -0.4 is 5.32 Å². The van der Waals surface area contributed by atoms with Gasteiger partial charge in [0, 0.05) is 31.1 Å². The topological polar surface area (TPSA) is 73.9 Å². The highest BCUT2D eigenvalue weighted by Crippen LogP contribution is 2.27. The fourth-order valence-corrected chi connectivity index (χ4v) is 2.88. The smallest absolute Gasteiger partial charge is 0.317 e. The Morgan fingerprint density at radius 2 is 2.04 bits per heavy atom. The third-order valence-corrected chi connectivity index (χ3v) is 4.30. The second-order valence-corrected chi connectivity index (χ2v) is 6.04. The SMILES string of the molecule is CCCNC(=O)N1CCC(c2nc(-c3ccc(F)cc3)n[nH]2)CC1. The Labute approximate surface area is 140 Å². The highest BCUT2D eigenvalue weighted by Gasteiger charge is 2.25. The minimum Gasteiger partial charge on any atom is -0.338 e. The van der Waals surface area contributed by atoms with Gasteiger partial charge in [-0.25, -0.2) is 14.2 Å². The van der Waals surface area contributed by atoms with Crippen LogP contribution in [0.1, 0.15) is 37.9 Å². The lowest BCUT2D eigenvalue weighted by Gasteiger charge is -2.31. The molecule has 1 aliphatic heterocycles. The summed E-state index contributed by atoms with van der Waals surface area (Å²) in [6, 6.07) is 6.16. The van der Waals surface area contributed by atoms with E-state index in [1.807, 2.05) is 11.8 Å². The number of piperidine rings is 1. The largest absolute Gasteiger partial charge is 0.338 e. The number of aromatic nitrogens is 3. The number of carbonyl (C=O) groups excluding carboxylic acids is 1. The molecule has 2 heterocycles. The summed E-state index contributed by atoms with van der Waals surface area (Å²) in [6.45, 7) is 4.18. The fourth-order valence-electron chi connectivity index (χ4n) is 2.88. The van der Waals surface area contributed by atoms with Gasteiger partial charge in [0.2, 0.25) is 0 Å². The molecule has 2 amide bonds. The van der Waals surface area contributed by atoms with Crippen molar-refractivity contribution in [3.63, 3.8) is 0 Å². The summed E-state index contributed by atoms with van der Waals surface area (Å²) in [5.41, 5.74) is 0.787. The van der Waals surface area contributed by atoms with Crippen molar-refractivity contribution in [1.29, 1.82) is 0 Å². The second kappa shape index (κ2) is 7.42. The molecule has 1 aromatic heterocycles. The van der Waals surface area contributed by atoms with Crippen LogP contribution in [0.4, 0.5) is 9.18 Å². The van der Waals surface area contributed by atoms with Gasteiger partial charge in [-0.15, -0.1) is 0 Å². The lowest BCUT2D eigenvalue weighted by atomic mass is 9.96. The van der Waals surface area contributed by atoms with Crippen molar-refractivity contribution in [3.8, 4) is 11.4 Å². The van der Waals surface area contributed by atoms with Crippen LogP contribution in [0.2, 0.25) is 0 Å². The predicted molar refractivity (Wildman–Crippen MR) is 89.0 cm³/mol. The average Bonchev–Trinajstić information content (AvgIpc) is 3.10. The van der Waals surface area contributed by atoms with Gasteiger partial charge in [-0.2, -0.15) is 5.10 Å². The number of amides is 2. The molecular formula is C17H22FN5O. The summed E-state index contributed by atoms with van der Waals surface area (Å²) in [4.78, 5) is 18.4. The van der Waals surface area contributed by atoms with Gasteiger partial charge in [-0.05, 0) is 43.5 Å². The van der Waals surface area contributed by atoms with E-state index in [1.54, 1.807) is 12.1 Å². The number of hydrogen-bond donors (Lipinski definition) is 2. The highest BCUT2D eigenvalue weighted by atomic mass is 19.1. The van der Waals surface area contributed by atoms with E-state index in [0.29, 0.717) is 25.5 Å². The molecule has 1 aromatic carbocycles. The molecule has 0 unspecified atom stereocenters. The van der Waals surface area contributed by atoms with Crippen molar-refractivity contribution in [2.75, 3.05) is 19.6 Å². The summed E-state index contributed by atoms with van der Waals surface area (Å²) in [7, 11) is 0. The molecule has 0 radical (unpaired) electrons. The van der Waals surface area contributed by atoms with Crippen LogP contribution in [0.5, 0.6) is 0 Å². The monoisotopic (exact) mass is 331 g/mol. The summed E-state index contributed by atoms with van der Waals surface area (Å²) in [5, 5.41) is 10.1. The molecule has 6 nitrogen and oxygen atoms in total. The van der Waals surface area contributed by atoms with Gasteiger partial charge in [-0.1, -0.05) is 6.92 Å². The van der Waals surface area contributed by atoms with Crippen molar-refractivity contribution in [2.24, 2.45) is 0 Å². The molecule has 0 spiro atoms. The summed E-state index contributed by atoms with van der Waals surface area (Å²) < 4.78 is 13.0. The molecule has 7 heteroatoms. The van der Waals surface area contributed by atoms with E-state index < -0.39 is 0 Å². The Morgan fingerprint density at radius 3 is 2.71 bits per heavy atom. The number of benzene rings is 1. The first kappa shape index (κ1) is 16.4. The third kappa shape index (κ3) is 3.72. The molecule has 0 bridgehead atoms. The molecule has 1 aliphatic rings. The van der Waals surface area contributed by atoms with E-state index in [9.17, 15) is 9.18 Å². The Hall–Kier alpha value is -2.44. The molecule has 128 valence electrons. The number of aromatic amines is 1. The number of nitrogens with one attached hydrogen (secondary N) is 2. The van der Waals surface area contributed by atoms with Gasteiger partial charge in [0.15, 0.2) is 5.82 Å². The van der Waals surface area contributed by atoms with E-state index in [0.717, 1.165) is 30.7 Å². The van der Waals surface area contributed by atoms with Gasteiger partial charge in [0.05, 0.1) is 0 Å². The zero-order valence-electron chi connectivity index (χ0n) is 13.8. The summed E-state index contributed by atoms with van der Waals surface area (Å²) in [6.07, 6.45) is 2.65. The van der Waals surface area contributed by atoms with Crippen molar-refractivity contribution in [1.82, 2.24) is 25.4 Å². The molecule has 0 atom stereocenters. The van der Waals surface area contributed by atoms with E-state index in [1.165, 1.54) is 12.1 Å². The number of H-pyrrole nitrogens is 1. The standard InChI is InChI=1S/C17H22FN5O/c1-2-9-19-17(24)23-10-7-13(8-11-23)16-20-15(21-22-16)12-3-5-14(18)6-4-12/h3-6,13H,2,7-11H2,1H3,(H,19,24)(H,20,21,22). The zero-order valence-corrected chi connectivity index (χ0v) is 13.8. The maximum Gasteiger partial charge on any atom is 0.317 e. The molecule has 1 saturated heterocycles. The minimum absolute atomic E-state index is 0.0138. The first-order valence-electron chi connectivity index (χ1n) is 8.38. The van der Waals surface area contributed by atoms with Gasteiger partial charge in [0.1, 0.15) is 11.6 Å².